The molecule has 1 atom stereocenters. The molecule has 6 nitrogen and oxygen atoms in total. The predicted molar refractivity (Wildman–Crippen MR) is 163 cm³/mol. The van der Waals surface area contributed by atoms with Gasteiger partial charge in [-0.1, -0.05) is 41.9 Å². The van der Waals surface area contributed by atoms with Gasteiger partial charge >= 0.3 is 0 Å². The molecule has 0 radical (unpaired) electrons. The highest BCUT2D eigenvalue weighted by Gasteiger charge is 2.35. The highest BCUT2D eigenvalue weighted by Crippen LogP contribution is 2.37. The van der Waals surface area contributed by atoms with E-state index in [2.05, 4.69) is 34.6 Å². The zero-order valence-corrected chi connectivity index (χ0v) is 23.4. The van der Waals surface area contributed by atoms with Crippen molar-refractivity contribution in [1.82, 2.24) is 14.5 Å². The lowest BCUT2D eigenvalue weighted by Gasteiger charge is -2.31. The molecule has 0 aliphatic carbocycles. The van der Waals surface area contributed by atoms with Crippen LogP contribution in [-0.4, -0.2) is 20.7 Å². The molecule has 0 aliphatic heterocycles. The summed E-state index contributed by atoms with van der Waals surface area (Å²) in [6.07, 6.45) is 8.81. The number of anilines is 1. The number of aromatic nitrogens is 3. The van der Waals surface area contributed by atoms with Gasteiger partial charge in [-0.15, -0.1) is 0 Å². The second-order valence-corrected chi connectivity index (χ2v) is 10.6. The van der Waals surface area contributed by atoms with E-state index in [-0.39, 0.29) is 0 Å². The van der Waals surface area contributed by atoms with E-state index in [0.717, 1.165) is 60.5 Å². The Kier molecular flexibility index (Phi) is 8.04. The van der Waals surface area contributed by atoms with Crippen molar-refractivity contribution in [3.63, 3.8) is 0 Å². The van der Waals surface area contributed by atoms with Gasteiger partial charge in [-0.2, -0.15) is 0 Å². The van der Waals surface area contributed by atoms with E-state index in [0.29, 0.717) is 11.4 Å². The molecule has 0 saturated carbocycles. The van der Waals surface area contributed by atoms with Crippen LogP contribution < -0.4 is 11.1 Å². The Hall–Kier alpha value is -3.62. The second-order valence-electron chi connectivity index (χ2n) is 9.19. The van der Waals surface area contributed by atoms with E-state index in [1.165, 1.54) is 6.21 Å². The average molecular weight is 574 g/mol. The minimum atomic E-state index is -0.959. The van der Waals surface area contributed by atoms with Crippen molar-refractivity contribution in [2.75, 3.05) is 5.32 Å². The topological polar surface area (TPSA) is 92.6 Å². The number of pyridine rings is 1. The first-order chi connectivity index (χ1) is 18.9. The molecular weight excluding hydrogens is 547 g/mol. The molecular formula is C30H26Cl2N6S. The molecule has 3 aromatic carbocycles. The number of allylic oxidation sites excluding steroid dienone is 1. The van der Waals surface area contributed by atoms with E-state index < -0.39 is 5.54 Å². The molecule has 2 heterocycles. The van der Waals surface area contributed by atoms with Crippen LogP contribution in [0, 0.1) is 5.41 Å². The zero-order chi connectivity index (χ0) is 27.4. The van der Waals surface area contributed by atoms with E-state index in [4.69, 9.17) is 38.4 Å². The Morgan fingerprint density at radius 3 is 2.46 bits per heavy atom. The van der Waals surface area contributed by atoms with E-state index in [1.54, 1.807) is 24.8 Å². The van der Waals surface area contributed by atoms with Crippen LogP contribution in [0.3, 0.4) is 0 Å². The maximum absolute atomic E-state index is 7.25. The summed E-state index contributed by atoms with van der Waals surface area (Å²) in [6, 6.07) is 24.0. The predicted octanol–water partition coefficient (Wildman–Crippen LogP) is 7.28. The Morgan fingerprint density at radius 1 is 1.05 bits per heavy atom. The van der Waals surface area contributed by atoms with Gasteiger partial charge in [0, 0.05) is 53.0 Å². The van der Waals surface area contributed by atoms with E-state index in [1.807, 2.05) is 60.1 Å². The van der Waals surface area contributed by atoms with Gasteiger partial charge in [0.05, 0.1) is 23.7 Å². The van der Waals surface area contributed by atoms with Gasteiger partial charge in [-0.05, 0) is 81.5 Å². The number of rotatable bonds is 9. The van der Waals surface area contributed by atoms with Crippen LogP contribution >= 0.6 is 33.3 Å². The normalized spacial score (nSPS) is 13.0. The Labute approximate surface area is 240 Å². The maximum Gasteiger partial charge on any atom is 0.116 e. The van der Waals surface area contributed by atoms with Crippen molar-refractivity contribution in [3.05, 3.63) is 131 Å². The fourth-order valence-corrected chi connectivity index (χ4v) is 5.57. The molecule has 1 unspecified atom stereocenters. The lowest BCUT2D eigenvalue weighted by Crippen LogP contribution is -2.40. The fourth-order valence-electron chi connectivity index (χ4n) is 4.68. The molecule has 0 spiro atoms. The van der Waals surface area contributed by atoms with Gasteiger partial charge in [-0.3, -0.25) is 0 Å². The SMILES string of the molecule is Cn1cncc1C(N)(c1ccc(Cl)cc1)c1ccc2nc(SCl)c(Cc3ccc(N/C=C\C=N)cc3)cc2c1. The van der Waals surface area contributed by atoms with Gasteiger partial charge < -0.3 is 21.0 Å². The fraction of sp³-hybridized carbons (Fsp3) is 0.100. The lowest BCUT2D eigenvalue weighted by atomic mass is 9.80. The third kappa shape index (κ3) is 5.58. The van der Waals surface area contributed by atoms with Crippen LogP contribution in [0.4, 0.5) is 5.69 Å². The van der Waals surface area contributed by atoms with Crippen LogP contribution in [0.25, 0.3) is 10.9 Å². The van der Waals surface area contributed by atoms with Crippen molar-refractivity contribution in [2.24, 2.45) is 12.8 Å². The van der Waals surface area contributed by atoms with Crippen molar-refractivity contribution in [3.8, 4) is 0 Å². The van der Waals surface area contributed by atoms with Crippen LogP contribution in [0.5, 0.6) is 0 Å². The standard InChI is InChI=1S/C30H26Cl2N6S/c1-38-19-35-18-28(38)30(34,23-5-8-25(31)9-6-23)24-7-12-27-21(17-24)16-22(29(37-27)39-32)15-20-3-10-26(11-4-20)36-14-2-13-33/h2-14,16-19,33,36H,15,34H2,1H3/b14-2-,33-13?. The quantitative estimate of drug-likeness (QED) is 0.161. The third-order valence-corrected chi connectivity index (χ3v) is 7.88. The third-order valence-electron chi connectivity index (χ3n) is 6.69. The van der Waals surface area contributed by atoms with Crippen molar-refractivity contribution >= 4 is 56.1 Å². The number of fused-ring (bicyclic) bond motifs is 1. The summed E-state index contributed by atoms with van der Waals surface area (Å²) in [5.41, 5.74) is 12.9. The monoisotopic (exact) mass is 572 g/mol. The van der Waals surface area contributed by atoms with Gasteiger partial charge in [0.15, 0.2) is 0 Å². The molecule has 0 bridgehead atoms. The largest absolute Gasteiger partial charge is 0.362 e. The highest BCUT2D eigenvalue weighted by molar-refractivity contribution is 8.21. The summed E-state index contributed by atoms with van der Waals surface area (Å²) in [5.74, 6) is 0. The minimum Gasteiger partial charge on any atom is -0.362 e. The summed E-state index contributed by atoms with van der Waals surface area (Å²) in [6.45, 7) is 0. The van der Waals surface area contributed by atoms with Crippen LogP contribution in [0.2, 0.25) is 5.02 Å². The Morgan fingerprint density at radius 2 is 1.79 bits per heavy atom. The molecule has 0 fully saturated rings. The van der Waals surface area contributed by atoms with Gasteiger partial charge in [0.25, 0.3) is 0 Å². The van der Waals surface area contributed by atoms with E-state index >= 15 is 0 Å². The second kappa shape index (κ2) is 11.6. The number of halogens is 2. The number of hydrogen-bond acceptors (Lipinski definition) is 6. The van der Waals surface area contributed by atoms with Crippen LogP contribution in [-0.2, 0) is 19.0 Å². The van der Waals surface area contributed by atoms with Crippen molar-refractivity contribution in [1.29, 1.82) is 5.41 Å². The van der Waals surface area contributed by atoms with E-state index in [9.17, 15) is 0 Å². The summed E-state index contributed by atoms with van der Waals surface area (Å²) in [5, 5.41) is 12.6. The first-order valence-corrected chi connectivity index (χ1v) is 14.2. The molecule has 5 aromatic rings. The molecule has 5 rings (SSSR count). The number of nitrogens with two attached hydrogens (primary N) is 1. The minimum absolute atomic E-state index is 0.649. The van der Waals surface area contributed by atoms with Crippen molar-refractivity contribution < 1.29 is 0 Å². The molecule has 39 heavy (non-hydrogen) atoms. The Bertz CT molecular complexity index is 1650. The first-order valence-electron chi connectivity index (χ1n) is 12.2. The first kappa shape index (κ1) is 27.0. The molecule has 0 saturated heterocycles. The average Bonchev–Trinajstić information content (AvgIpc) is 3.39. The summed E-state index contributed by atoms with van der Waals surface area (Å²) < 4.78 is 1.94. The number of imidazole rings is 1. The molecule has 9 heteroatoms. The number of benzene rings is 3. The van der Waals surface area contributed by atoms with Gasteiger partial charge in [0.2, 0.25) is 0 Å². The number of hydrogen-bond donors (Lipinski definition) is 3. The number of nitrogens with zero attached hydrogens (tertiary/aromatic N) is 3. The molecule has 0 aliphatic rings. The maximum atomic E-state index is 7.25. The van der Waals surface area contributed by atoms with Crippen molar-refractivity contribution in [2.45, 2.75) is 17.0 Å². The zero-order valence-electron chi connectivity index (χ0n) is 21.1. The van der Waals surface area contributed by atoms with Gasteiger partial charge in [0.1, 0.15) is 10.6 Å². The Balaban J connectivity index is 1.56. The number of aryl methyl sites for hydroxylation is 1. The highest BCUT2D eigenvalue weighted by atomic mass is 35.7. The van der Waals surface area contributed by atoms with Crippen LogP contribution in [0.1, 0.15) is 27.9 Å². The molecule has 196 valence electrons. The summed E-state index contributed by atoms with van der Waals surface area (Å²) >= 11 is 6.20. The molecule has 2 aromatic heterocycles. The summed E-state index contributed by atoms with van der Waals surface area (Å²) in [4.78, 5) is 9.20. The number of nitrogens with one attached hydrogen (secondary N) is 2. The molecule has 0 amide bonds. The lowest BCUT2D eigenvalue weighted by molar-refractivity contribution is 0.596. The summed E-state index contributed by atoms with van der Waals surface area (Å²) in [7, 11) is 9.32. The van der Waals surface area contributed by atoms with Gasteiger partial charge in [-0.25, -0.2) is 9.97 Å². The molecule has 4 N–H and O–H groups in total. The van der Waals surface area contributed by atoms with Crippen LogP contribution in [0.15, 0.2) is 103 Å². The smallest absolute Gasteiger partial charge is 0.116 e.